The van der Waals surface area contributed by atoms with Crippen molar-refractivity contribution < 1.29 is 19.1 Å². The maximum Gasteiger partial charge on any atom is 0.335 e. The molecule has 6 nitrogen and oxygen atoms in total. The second kappa shape index (κ2) is 10.2. The summed E-state index contributed by atoms with van der Waals surface area (Å²) in [6.45, 7) is 2.30. The number of hydrogen-bond donors (Lipinski definition) is 1. The molecule has 34 heavy (non-hydrogen) atoms. The quantitative estimate of drug-likeness (QED) is 0.252. The number of halogens is 3. The molecule has 1 aliphatic heterocycles. The van der Waals surface area contributed by atoms with Gasteiger partial charge in [0.2, 0.25) is 0 Å². The van der Waals surface area contributed by atoms with E-state index in [0.717, 1.165) is 25.0 Å². The van der Waals surface area contributed by atoms with Crippen molar-refractivity contribution in [3.8, 4) is 5.75 Å². The smallest absolute Gasteiger partial charge is 0.335 e. The zero-order valence-electron chi connectivity index (χ0n) is 17.8. The molecule has 0 aliphatic carbocycles. The van der Waals surface area contributed by atoms with Crippen LogP contribution in [0.3, 0.4) is 0 Å². The van der Waals surface area contributed by atoms with Crippen LogP contribution >= 0.6 is 47.8 Å². The Bertz CT molecular complexity index is 1320. The summed E-state index contributed by atoms with van der Waals surface area (Å²) in [5, 5.41) is 2.24. The lowest BCUT2D eigenvalue weighted by molar-refractivity contribution is -0.122. The molecule has 4 amide bonds. The predicted octanol–water partition coefficient (Wildman–Crippen LogP) is 6.53. The summed E-state index contributed by atoms with van der Waals surface area (Å²) in [5.74, 6) is -1.04. The van der Waals surface area contributed by atoms with Gasteiger partial charge in [0.1, 0.15) is 17.9 Å². The van der Waals surface area contributed by atoms with Crippen LogP contribution in [-0.2, 0) is 16.2 Å². The van der Waals surface area contributed by atoms with E-state index in [0.29, 0.717) is 28.1 Å². The van der Waals surface area contributed by atoms with Crippen LogP contribution in [0.25, 0.3) is 6.08 Å². The zero-order chi connectivity index (χ0) is 24.4. The number of hydrogen-bond acceptors (Lipinski definition) is 4. The number of aryl methyl sites for hydroxylation is 1. The second-order valence-corrected chi connectivity index (χ2v) is 10.2. The van der Waals surface area contributed by atoms with E-state index in [1.807, 2.05) is 37.3 Å². The summed E-state index contributed by atoms with van der Waals surface area (Å²) in [4.78, 5) is 39.2. The first-order valence-corrected chi connectivity index (χ1v) is 12.5. The molecule has 0 atom stereocenters. The topological polar surface area (TPSA) is 75.7 Å². The molecule has 1 N–H and O–H groups in total. The molecule has 172 valence electrons. The van der Waals surface area contributed by atoms with Crippen molar-refractivity contribution in [1.82, 2.24) is 5.32 Å². The SMILES string of the molecule is Cc1ccc(COc2c(Br)cc(Br)cc2/C=C2\C(=O)NC(=O)N(c3ccc(Br)cc3)C2=O)cc1. The predicted molar refractivity (Wildman–Crippen MR) is 140 cm³/mol. The third-order valence-electron chi connectivity index (χ3n) is 5.03. The third-order valence-corrected chi connectivity index (χ3v) is 6.60. The first kappa shape index (κ1) is 24.4. The van der Waals surface area contributed by atoms with Crippen LogP contribution in [0.4, 0.5) is 10.5 Å². The molecular weight excluding hydrogens is 632 g/mol. The number of benzene rings is 3. The summed E-state index contributed by atoms with van der Waals surface area (Å²) in [6, 6.07) is 17.3. The summed E-state index contributed by atoms with van der Waals surface area (Å²) in [5.41, 5.74) is 2.77. The van der Waals surface area contributed by atoms with E-state index in [1.54, 1.807) is 30.3 Å². The number of anilines is 1. The highest BCUT2D eigenvalue weighted by Crippen LogP contribution is 2.35. The molecule has 0 unspecified atom stereocenters. The molecular formula is C25H17Br3N2O4. The van der Waals surface area contributed by atoms with Crippen molar-refractivity contribution in [2.75, 3.05) is 4.90 Å². The van der Waals surface area contributed by atoms with Gasteiger partial charge in [-0.05, 0) is 70.9 Å². The van der Waals surface area contributed by atoms with Crippen molar-refractivity contribution >= 4 is 77.4 Å². The van der Waals surface area contributed by atoms with E-state index in [9.17, 15) is 14.4 Å². The normalized spacial score (nSPS) is 15.0. The maximum atomic E-state index is 13.2. The van der Waals surface area contributed by atoms with Crippen LogP contribution in [0, 0.1) is 6.92 Å². The van der Waals surface area contributed by atoms with Crippen molar-refractivity contribution in [2.45, 2.75) is 13.5 Å². The van der Waals surface area contributed by atoms with Crippen LogP contribution in [0.2, 0.25) is 0 Å². The first-order chi connectivity index (χ1) is 16.2. The van der Waals surface area contributed by atoms with Gasteiger partial charge in [-0.25, -0.2) is 9.69 Å². The van der Waals surface area contributed by atoms with Crippen LogP contribution in [0.5, 0.6) is 5.75 Å². The van der Waals surface area contributed by atoms with Gasteiger partial charge < -0.3 is 4.74 Å². The number of urea groups is 1. The summed E-state index contributed by atoms with van der Waals surface area (Å²) < 4.78 is 8.22. The Balaban J connectivity index is 1.70. The number of carbonyl (C=O) groups excluding carboxylic acids is 3. The van der Waals surface area contributed by atoms with E-state index in [1.165, 1.54) is 6.08 Å². The molecule has 1 heterocycles. The lowest BCUT2D eigenvalue weighted by Gasteiger charge is -2.26. The standard InChI is InChI=1S/C25H17Br3N2O4/c1-14-2-4-15(5-3-14)13-34-22-16(10-18(27)12-21(22)28)11-20-23(31)29-25(33)30(24(20)32)19-8-6-17(26)7-9-19/h2-12H,13H2,1H3,(H,29,31,33)/b20-11+. The maximum absolute atomic E-state index is 13.2. The number of rotatable bonds is 5. The van der Waals surface area contributed by atoms with Gasteiger partial charge in [0.15, 0.2) is 0 Å². The number of nitrogens with one attached hydrogen (secondary N) is 1. The minimum absolute atomic E-state index is 0.187. The van der Waals surface area contributed by atoms with E-state index in [2.05, 4.69) is 53.1 Å². The molecule has 3 aromatic carbocycles. The first-order valence-electron chi connectivity index (χ1n) is 10.1. The fourth-order valence-corrected chi connectivity index (χ4v) is 4.95. The molecule has 1 saturated heterocycles. The van der Waals surface area contributed by atoms with Gasteiger partial charge in [-0.2, -0.15) is 0 Å². The Morgan fingerprint density at radius 2 is 1.59 bits per heavy atom. The van der Waals surface area contributed by atoms with Gasteiger partial charge in [0.25, 0.3) is 11.8 Å². The summed E-state index contributed by atoms with van der Waals surface area (Å²) >= 11 is 10.3. The van der Waals surface area contributed by atoms with Crippen LogP contribution in [-0.4, -0.2) is 17.8 Å². The van der Waals surface area contributed by atoms with Crippen LogP contribution in [0.1, 0.15) is 16.7 Å². The lowest BCUT2D eigenvalue weighted by Crippen LogP contribution is -2.54. The van der Waals surface area contributed by atoms with Gasteiger partial charge in [-0.15, -0.1) is 0 Å². The fourth-order valence-electron chi connectivity index (χ4n) is 3.32. The van der Waals surface area contributed by atoms with Gasteiger partial charge in [-0.3, -0.25) is 14.9 Å². The van der Waals surface area contributed by atoms with Crippen LogP contribution in [0.15, 0.2) is 79.7 Å². The van der Waals surface area contributed by atoms with Gasteiger partial charge >= 0.3 is 6.03 Å². The van der Waals surface area contributed by atoms with Crippen molar-refractivity contribution in [1.29, 1.82) is 0 Å². The number of carbonyl (C=O) groups is 3. The van der Waals surface area contributed by atoms with Gasteiger partial charge in [-0.1, -0.05) is 61.7 Å². The molecule has 9 heteroatoms. The Kier molecular flexibility index (Phi) is 7.35. The largest absolute Gasteiger partial charge is 0.487 e. The minimum atomic E-state index is -0.805. The number of amides is 4. The van der Waals surface area contributed by atoms with Crippen molar-refractivity contribution in [3.63, 3.8) is 0 Å². The Morgan fingerprint density at radius 1 is 0.912 bits per heavy atom. The Hall–Kier alpha value is -2.75. The monoisotopic (exact) mass is 646 g/mol. The number of nitrogens with zero attached hydrogens (tertiary/aromatic N) is 1. The zero-order valence-corrected chi connectivity index (χ0v) is 22.5. The summed E-state index contributed by atoms with van der Waals surface area (Å²) in [6.07, 6.45) is 1.43. The number of imide groups is 2. The van der Waals surface area contributed by atoms with E-state index in [-0.39, 0.29) is 5.57 Å². The van der Waals surface area contributed by atoms with E-state index < -0.39 is 17.8 Å². The Morgan fingerprint density at radius 3 is 2.26 bits per heavy atom. The van der Waals surface area contributed by atoms with Crippen LogP contribution < -0.4 is 15.0 Å². The number of barbiturate groups is 1. The Labute approximate surface area is 221 Å². The molecule has 1 aliphatic rings. The molecule has 0 radical (unpaired) electrons. The van der Waals surface area contributed by atoms with E-state index >= 15 is 0 Å². The molecule has 0 saturated carbocycles. The highest BCUT2D eigenvalue weighted by molar-refractivity contribution is 9.11. The van der Waals surface area contributed by atoms with Crippen molar-refractivity contribution in [3.05, 3.63) is 96.3 Å². The molecule has 0 spiro atoms. The molecule has 4 rings (SSSR count). The summed E-state index contributed by atoms with van der Waals surface area (Å²) in [7, 11) is 0. The molecule has 0 bridgehead atoms. The third kappa shape index (κ3) is 5.32. The number of ether oxygens (including phenoxy) is 1. The highest BCUT2D eigenvalue weighted by atomic mass is 79.9. The lowest BCUT2D eigenvalue weighted by atomic mass is 10.1. The van der Waals surface area contributed by atoms with Gasteiger partial charge in [0, 0.05) is 14.5 Å². The fraction of sp³-hybridized carbons (Fsp3) is 0.0800. The highest BCUT2D eigenvalue weighted by Gasteiger charge is 2.37. The van der Waals surface area contributed by atoms with E-state index in [4.69, 9.17) is 4.74 Å². The molecule has 3 aromatic rings. The second-order valence-electron chi connectivity index (χ2n) is 7.51. The van der Waals surface area contributed by atoms with Gasteiger partial charge in [0.05, 0.1) is 10.2 Å². The average molecular weight is 649 g/mol. The van der Waals surface area contributed by atoms with Crippen molar-refractivity contribution in [2.24, 2.45) is 0 Å². The average Bonchev–Trinajstić information content (AvgIpc) is 2.78. The molecule has 0 aromatic heterocycles. The minimum Gasteiger partial charge on any atom is -0.487 e. The molecule has 1 fully saturated rings.